The highest BCUT2D eigenvalue weighted by Crippen LogP contribution is 2.38. The van der Waals surface area contributed by atoms with Crippen molar-refractivity contribution in [1.29, 1.82) is 0 Å². The topological polar surface area (TPSA) is 98.5 Å². The molecule has 4 aromatic carbocycles. The zero-order valence-corrected chi connectivity index (χ0v) is 26.1. The SMILES string of the molecule is COc1ccc(/C=C/C(=O)c2cc(OC)c(OC)c(OC)c2)cc1OCCCOc1cccc(CSc2ccccc2N)c1. The average Bonchev–Trinajstić information content (AvgIpc) is 3.06. The monoisotopic (exact) mass is 615 g/mol. The van der Waals surface area contributed by atoms with Gasteiger partial charge < -0.3 is 34.2 Å². The van der Waals surface area contributed by atoms with Crippen LogP contribution >= 0.6 is 11.8 Å². The molecule has 44 heavy (non-hydrogen) atoms. The molecular formula is C35H37NO7S. The molecule has 0 unspecified atom stereocenters. The third kappa shape index (κ3) is 8.64. The first kappa shape index (κ1) is 32.2. The van der Waals surface area contributed by atoms with Gasteiger partial charge in [-0.25, -0.2) is 0 Å². The maximum atomic E-state index is 12.9. The van der Waals surface area contributed by atoms with Gasteiger partial charge in [0.25, 0.3) is 0 Å². The number of hydrogen-bond donors (Lipinski definition) is 1. The van der Waals surface area contributed by atoms with Crippen LogP contribution in [-0.4, -0.2) is 47.4 Å². The number of hydrogen-bond acceptors (Lipinski definition) is 9. The molecule has 8 nitrogen and oxygen atoms in total. The summed E-state index contributed by atoms with van der Waals surface area (Å²) in [5.41, 5.74) is 9.19. The number of benzene rings is 4. The van der Waals surface area contributed by atoms with Gasteiger partial charge in [0, 0.05) is 28.3 Å². The molecule has 0 atom stereocenters. The van der Waals surface area contributed by atoms with Gasteiger partial charge in [-0.15, -0.1) is 11.8 Å². The van der Waals surface area contributed by atoms with E-state index in [9.17, 15) is 4.79 Å². The lowest BCUT2D eigenvalue weighted by molar-refractivity contribution is 0.104. The molecule has 2 N–H and O–H groups in total. The highest BCUT2D eigenvalue weighted by molar-refractivity contribution is 7.98. The molecule has 230 valence electrons. The Balaban J connectivity index is 1.30. The number of carbonyl (C=O) groups excluding carboxylic acids is 1. The van der Waals surface area contributed by atoms with Gasteiger partial charge in [0.15, 0.2) is 28.8 Å². The molecule has 0 aromatic heterocycles. The van der Waals surface area contributed by atoms with Crippen LogP contribution < -0.4 is 34.2 Å². The number of nitrogens with two attached hydrogens (primary N) is 1. The number of rotatable bonds is 16. The second-order valence-electron chi connectivity index (χ2n) is 9.55. The van der Waals surface area contributed by atoms with Crippen molar-refractivity contribution >= 4 is 29.3 Å². The largest absolute Gasteiger partial charge is 0.493 e. The molecule has 0 radical (unpaired) electrons. The van der Waals surface area contributed by atoms with Crippen LogP contribution in [0.1, 0.15) is 27.9 Å². The van der Waals surface area contributed by atoms with E-state index in [1.54, 1.807) is 37.1 Å². The quantitative estimate of drug-likeness (QED) is 0.0456. The Morgan fingerprint density at radius 2 is 1.48 bits per heavy atom. The molecule has 0 heterocycles. The summed E-state index contributed by atoms with van der Waals surface area (Å²) in [5, 5.41) is 0. The number of para-hydroxylation sites is 1. The Kier molecular flexibility index (Phi) is 11.8. The molecular weight excluding hydrogens is 578 g/mol. The van der Waals surface area contributed by atoms with Crippen LogP contribution in [0.4, 0.5) is 5.69 Å². The van der Waals surface area contributed by atoms with E-state index >= 15 is 0 Å². The third-order valence-corrected chi connectivity index (χ3v) is 7.75. The molecule has 0 aliphatic rings. The molecule has 0 spiro atoms. The fourth-order valence-corrected chi connectivity index (χ4v) is 5.24. The van der Waals surface area contributed by atoms with Crippen molar-refractivity contribution in [1.82, 2.24) is 0 Å². The van der Waals surface area contributed by atoms with E-state index in [0.29, 0.717) is 53.9 Å². The van der Waals surface area contributed by atoms with Crippen LogP contribution in [-0.2, 0) is 5.75 Å². The van der Waals surface area contributed by atoms with E-state index in [2.05, 4.69) is 6.07 Å². The second-order valence-corrected chi connectivity index (χ2v) is 10.6. The van der Waals surface area contributed by atoms with E-state index in [1.165, 1.54) is 27.4 Å². The predicted octanol–water partition coefficient (Wildman–Crippen LogP) is 7.34. The van der Waals surface area contributed by atoms with Gasteiger partial charge in [-0.05, 0) is 65.7 Å². The summed E-state index contributed by atoms with van der Waals surface area (Å²) < 4.78 is 33.5. The fraction of sp³-hybridized carbons (Fsp3) is 0.229. The molecule has 0 fully saturated rings. The Bertz CT molecular complexity index is 1560. The minimum atomic E-state index is -0.216. The summed E-state index contributed by atoms with van der Waals surface area (Å²) in [6.07, 6.45) is 3.88. The minimum Gasteiger partial charge on any atom is -0.493 e. The maximum Gasteiger partial charge on any atom is 0.203 e. The molecule has 9 heteroatoms. The van der Waals surface area contributed by atoms with E-state index in [4.69, 9.17) is 34.2 Å². The van der Waals surface area contributed by atoms with Gasteiger partial charge in [0.05, 0.1) is 41.7 Å². The number of ether oxygens (including phenoxy) is 6. The van der Waals surface area contributed by atoms with Gasteiger partial charge >= 0.3 is 0 Å². The van der Waals surface area contributed by atoms with Crippen molar-refractivity contribution in [2.45, 2.75) is 17.1 Å². The molecule has 4 rings (SSSR count). The Labute approximate surface area is 262 Å². The smallest absolute Gasteiger partial charge is 0.203 e. The first-order valence-electron chi connectivity index (χ1n) is 14.0. The summed E-state index contributed by atoms with van der Waals surface area (Å²) in [6, 6.07) is 24.7. The van der Waals surface area contributed by atoms with Crippen LogP contribution in [0, 0.1) is 0 Å². The van der Waals surface area contributed by atoms with Crippen molar-refractivity contribution in [2.75, 3.05) is 47.4 Å². The number of nitrogen functional groups attached to an aromatic ring is 1. The van der Waals surface area contributed by atoms with E-state index in [-0.39, 0.29) is 5.78 Å². The maximum absolute atomic E-state index is 12.9. The number of anilines is 1. The van der Waals surface area contributed by atoms with E-state index in [1.807, 2.05) is 60.7 Å². The number of allylic oxidation sites excluding steroid dienone is 1. The van der Waals surface area contributed by atoms with Gasteiger partial charge in [0.1, 0.15) is 5.75 Å². The highest BCUT2D eigenvalue weighted by Gasteiger charge is 2.16. The normalized spacial score (nSPS) is 10.8. The number of thioether (sulfide) groups is 1. The van der Waals surface area contributed by atoms with Crippen LogP contribution in [0.3, 0.4) is 0 Å². The summed E-state index contributed by atoms with van der Waals surface area (Å²) in [6.45, 7) is 0.921. The zero-order valence-electron chi connectivity index (χ0n) is 25.3. The Morgan fingerprint density at radius 1 is 0.750 bits per heavy atom. The fourth-order valence-electron chi connectivity index (χ4n) is 4.33. The zero-order chi connectivity index (χ0) is 31.3. The summed E-state index contributed by atoms with van der Waals surface area (Å²) in [5.74, 6) is 3.82. The highest BCUT2D eigenvalue weighted by atomic mass is 32.2. The molecule has 0 saturated heterocycles. The van der Waals surface area contributed by atoms with Gasteiger partial charge in [-0.3, -0.25) is 4.79 Å². The molecule has 0 saturated carbocycles. The van der Waals surface area contributed by atoms with Gasteiger partial charge in [-0.1, -0.05) is 36.4 Å². The minimum absolute atomic E-state index is 0.216. The van der Waals surface area contributed by atoms with Crippen molar-refractivity contribution in [3.63, 3.8) is 0 Å². The average molecular weight is 616 g/mol. The Hall–Kier alpha value is -4.76. The van der Waals surface area contributed by atoms with Crippen LogP contribution in [0.5, 0.6) is 34.5 Å². The molecule has 0 bridgehead atoms. The van der Waals surface area contributed by atoms with E-state index in [0.717, 1.165) is 33.2 Å². The van der Waals surface area contributed by atoms with Crippen molar-refractivity contribution in [2.24, 2.45) is 0 Å². The lowest BCUT2D eigenvalue weighted by atomic mass is 10.1. The van der Waals surface area contributed by atoms with Crippen molar-refractivity contribution < 1.29 is 33.2 Å². The standard InChI is InChI=1S/C35H37NO7S/c1-38-30-16-14-24(13-15-29(37)26-21-32(39-2)35(41-4)33(22-26)40-3)20-31(30)43-18-8-17-42-27-10-7-9-25(19-27)23-44-34-12-6-5-11-28(34)36/h5-7,9-16,19-22H,8,17-18,23,36H2,1-4H3/b15-13+. The summed E-state index contributed by atoms with van der Waals surface area (Å²) in [4.78, 5) is 14.0. The second kappa shape index (κ2) is 16.2. The number of methoxy groups -OCH3 is 4. The van der Waals surface area contributed by atoms with Crippen LogP contribution in [0.2, 0.25) is 0 Å². The lowest BCUT2D eigenvalue weighted by Gasteiger charge is -2.13. The molecule has 0 amide bonds. The van der Waals surface area contributed by atoms with Crippen LogP contribution in [0.15, 0.2) is 89.8 Å². The predicted molar refractivity (Wildman–Crippen MR) is 175 cm³/mol. The third-order valence-electron chi connectivity index (χ3n) is 6.59. The summed E-state index contributed by atoms with van der Waals surface area (Å²) in [7, 11) is 6.12. The van der Waals surface area contributed by atoms with E-state index < -0.39 is 0 Å². The van der Waals surface area contributed by atoms with Crippen molar-refractivity contribution in [3.05, 3.63) is 102 Å². The van der Waals surface area contributed by atoms with Crippen LogP contribution in [0.25, 0.3) is 6.08 Å². The first-order chi connectivity index (χ1) is 21.4. The summed E-state index contributed by atoms with van der Waals surface area (Å²) >= 11 is 1.70. The Morgan fingerprint density at radius 3 is 2.18 bits per heavy atom. The number of ketones is 1. The lowest BCUT2D eigenvalue weighted by Crippen LogP contribution is -2.06. The van der Waals surface area contributed by atoms with Gasteiger partial charge in [0.2, 0.25) is 5.75 Å². The van der Waals surface area contributed by atoms with Gasteiger partial charge in [-0.2, -0.15) is 0 Å². The number of carbonyl (C=O) groups is 1. The molecule has 4 aromatic rings. The molecule has 0 aliphatic carbocycles. The van der Waals surface area contributed by atoms with Crippen molar-refractivity contribution in [3.8, 4) is 34.5 Å². The first-order valence-corrected chi connectivity index (χ1v) is 15.0. The molecule has 0 aliphatic heterocycles.